The minimum Gasteiger partial charge on any atom is -0.462 e. The topological polar surface area (TPSA) is 43.4 Å². The van der Waals surface area contributed by atoms with Gasteiger partial charge in [0.25, 0.3) is 0 Å². The summed E-state index contributed by atoms with van der Waals surface area (Å²) in [6.45, 7) is 0. The average Bonchev–Trinajstić information content (AvgIpc) is 2.31. The first-order valence-corrected chi connectivity index (χ1v) is 6.50. The van der Waals surface area contributed by atoms with Crippen LogP contribution >= 0.6 is 0 Å². The van der Waals surface area contributed by atoms with Crippen LogP contribution in [-0.4, -0.2) is 17.9 Å². The van der Waals surface area contributed by atoms with E-state index < -0.39 is 5.92 Å². The van der Waals surface area contributed by atoms with Crippen LogP contribution in [0.4, 0.5) is 0 Å². The molecule has 3 heteroatoms. The van der Waals surface area contributed by atoms with E-state index in [0.29, 0.717) is 12.8 Å². The molecule has 2 fully saturated rings. The number of carbonyl (C=O) groups excluding carboxylic acids is 2. The van der Waals surface area contributed by atoms with Gasteiger partial charge in [-0.15, -0.1) is 0 Å². The zero-order valence-corrected chi connectivity index (χ0v) is 9.74. The summed E-state index contributed by atoms with van der Waals surface area (Å²) in [6, 6.07) is 0. The fourth-order valence-corrected chi connectivity index (χ4v) is 2.66. The van der Waals surface area contributed by atoms with Crippen molar-refractivity contribution < 1.29 is 14.3 Å². The summed E-state index contributed by atoms with van der Waals surface area (Å²) in [7, 11) is 0. The molecular weight excluding hydrogens is 204 g/mol. The maximum absolute atomic E-state index is 11.8. The molecule has 2 aliphatic rings. The number of rotatable bonds is 2. The van der Waals surface area contributed by atoms with Gasteiger partial charge in [0.2, 0.25) is 0 Å². The highest BCUT2D eigenvalue weighted by Crippen LogP contribution is 2.25. The quantitative estimate of drug-likeness (QED) is 0.535. The Labute approximate surface area is 96.5 Å². The first kappa shape index (κ1) is 11.6. The van der Waals surface area contributed by atoms with E-state index in [-0.39, 0.29) is 17.9 Å². The molecule has 0 aromatic carbocycles. The molecule has 0 N–H and O–H groups in total. The van der Waals surface area contributed by atoms with Crippen LogP contribution in [0.3, 0.4) is 0 Å². The second-order valence-electron chi connectivity index (χ2n) is 4.96. The Hall–Kier alpha value is -0.860. The highest BCUT2D eigenvalue weighted by molar-refractivity contribution is 5.99. The second-order valence-corrected chi connectivity index (χ2v) is 4.96. The summed E-state index contributed by atoms with van der Waals surface area (Å²) in [5.41, 5.74) is 0. The normalized spacial score (nSPS) is 27.8. The van der Waals surface area contributed by atoms with Gasteiger partial charge in [-0.1, -0.05) is 12.8 Å². The molecule has 2 rings (SSSR count). The summed E-state index contributed by atoms with van der Waals surface area (Å²) in [5, 5.41) is 0. The SMILES string of the molecule is O=C1CCCCC1C(=O)OC1CCCCC1. The highest BCUT2D eigenvalue weighted by Gasteiger charge is 2.31. The van der Waals surface area contributed by atoms with Crippen molar-refractivity contribution in [2.75, 3.05) is 0 Å². The third-order valence-electron chi connectivity index (χ3n) is 3.67. The van der Waals surface area contributed by atoms with Crippen LogP contribution in [0.5, 0.6) is 0 Å². The second kappa shape index (κ2) is 5.46. The lowest BCUT2D eigenvalue weighted by atomic mass is 9.88. The van der Waals surface area contributed by atoms with Crippen molar-refractivity contribution in [3.8, 4) is 0 Å². The molecule has 0 radical (unpaired) electrons. The number of esters is 1. The third kappa shape index (κ3) is 2.83. The molecule has 0 aliphatic heterocycles. The number of hydrogen-bond acceptors (Lipinski definition) is 3. The Morgan fingerprint density at radius 3 is 2.38 bits per heavy atom. The predicted molar refractivity (Wildman–Crippen MR) is 59.9 cm³/mol. The van der Waals surface area contributed by atoms with Crippen molar-refractivity contribution in [2.45, 2.75) is 63.9 Å². The predicted octanol–water partition coefficient (Wildman–Crippen LogP) is 2.62. The van der Waals surface area contributed by atoms with Crippen LogP contribution in [0.15, 0.2) is 0 Å². The summed E-state index contributed by atoms with van der Waals surface area (Å²) < 4.78 is 5.44. The van der Waals surface area contributed by atoms with Crippen molar-refractivity contribution in [2.24, 2.45) is 5.92 Å². The van der Waals surface area contributed by atoms with Crippen molar-refractivity contribution in [3.63, 3.8) is 0 Å². The van der Waals surface area contributed by atoms with Gasteiger partial charge in [0.05, 0.1) is 0 Å². The number of ether oxygens (including phenoxy) is 1. The Balaban J connectivity index is 1.83. The lowest BCUT2D eigenvalue weighted by Gasteiger charge is -2.25. The van der Waals surface area contributed by atoms with E-state index in [1.807, 2.05) is 0 Å². The zero-order chi connectivity index (χ0) is 11.4. The molecule has 1 atom stereocenters. The van der Waals surface area contributed by atoms with E-state index in [1.165, 1.54) is 6.42 Å². The van der Waals surface area contributed by atoms with Gasteiger partial charge >= 0.3 is 5.97 Å². The van der Waals surface area contributed by atoms with Crippen LogP contribution < -0.4 is 0 Å². The smallest absolute Gasteiger partial charge is 0.316 e. The van der Waals surface area contributed by atoms with E-state index in [9.17, 15) is 9.59 Å². The first-order valence-electron chi connectivity index (χ1n) is 6.50. The molecule has 0 saturated heterocycles. The van der Waals surface area contributed by atoms with Crippen LogP contribution in [0, 0.1) is 5.92 Å². The van der Waals surface area contributed by atoms with E-state index in [4.69, 9.17) is 4.74 Å². The van der Waals surface area contributed by atoms with Crippen LogP contribution in [0.2, 0.25) is 0 Å². The van der Waals surface area contributed by atoms with E-state index in [0.717, 1.165) is 38.5 Å². The number of Topliss-reactive ketones (excluding diaryl/α,β-unsaturated/α-hetero) is 1. The summed E-state index contributed by atoms with van der Waals surface area (Å²) in [6.07, 6.45) is 8.76. The lowest BCUT2D eigenvalue weighted by molar-refractivity contribution is -0.159. The standard InChI is InChI=1S/C13H20O3/c14-12-9-5-4-8-11(12)13(15)16-10-6-2-1-3-7-10/h10-11H,1-9H2. The summed E-state index contributed by atoms with van der Waals surface area (Å²) in [5.74, 6) is -0.612. The Morgan fingerprint density at radius 1 is 1.00 bits per heavy atom. The maximum atomic E-state index is 11.8. The van der Waals surface area contributed by atoms with Gasteiger partial charge in [0.1, 0.15) is 17.8 Å². The van der Waals surface area contributed by atoms with E-state index in [2.05, 4.69) is 0 Å². The van der Waals surface area contributed by atoms with Crippen molar-refractivity contribution in [1.29, 1.82) is 0 Å². The molecule has 1 unspecified atom stereocenters. The minimum atomic E-state index is -0.448. The molecule has 2 saturated carbocycles. The van der Waals surface area contributed by atoms with E-state index >= 15 is 0 Å². The van der Waals surface area contributed by atoms with Gasteiger partial charge in [-0.25, -0.2) is 0 Å². The van der Waals surface area contributed by atoms with Crippen LogP contribution in [0.25, 0.3) is 0 Å². The Bertz CT molecular complexity index is 266. The van der Waals surface area contributed by atoms with Crippen molar-refractivity contribution >= 4 is 11.8 Å². The number of carbonyl (C=O) groups is 2. The summed E-state index contributed by atoms with van der Waals surface area (Å²) in [4.78, 5) is 23.4. The molecule has 0 spiro atoms. The highest BCUT2D eigenvalue weighted by atomic mass is 16.5. The largest absolute Gasteiger partial charge is 0.462 e. The molecular formula is C13H20O3. The fourth-order valence-electron chi connectivity index (χ4n) is 2.66. The number of hydrogen-bond donors (Lipinski definition) is 0. The Kier molecular flexibility index (Phi) is 3.97. The molecule has 0 bridgehead atoms. The molecule has 0 aromatic rings. The molecule has 0 amide bonds. The molecule has 90 valence electrons. The Morgan fingerprint density at radius 2 is 1.69 bits per heavy atom. The van der Waals surface area contributed by atoms with Gasteiger partial charge in [-0.2, -0.15) is 0 Å². The fraction of sp³-hybridized carbons (Fsp3) is 0.846. The van der Waals surface area contributed by atoms with Gasteiger partial charge in [0, 0.05) is 6.42 Å². The van der Waals surface area contributed by atoms with Crippen molar-refractivity contribution in [1.82, 2.24) is 0 Å². The molecule has 0 aromatic heterocycles. The third-order valence-corrected chi connectivity index (χ3v) is 3.67. The molecule has 2 aliphatic carbocycles. The average molecular weight is 224 g/mol. The zero-order valence-electron chi connectivity index (χ0n) is 9.74. The lowest BCUT2D eigenvalue weighted by Crippen LogP contribution is -2.32. The monoisotopic (exact) mass is 224 g/mol. The van der Waals surface area contributed by atoms with Crippen molar-refractivity contribution in [3.05, 3.63) is 0 Å². The molecule has 3 nitrogen and oxygen atoms in total. The van der Waals surface area contributed by atoms with Gasteiger partial charge in [-0.3, -0.25) is 9.59 Å². The van der Waals surface area contributed by atoms with Crippen LogP contribution in [-0.2, 0) is 14.3 Å². The van der Waals surface area contributed by atoms with Gasteiger partial charge in [0.15, 0.2) is 0 Å². The van der Waals surface area contributed by atoms with Gasteiger partial charge in [-0.05, 0) is 38.5 Å². The minimum absolute atomic E-state index is 0.0796. The van der Waals surface area contributed by atoms with E-state index in [1.54, 1.807) is 0 Å². The first-order chi connectivity index (χ1) is 7.77. The van der Waals surface area contributed by atoms with Gasteiger partial charge < -0.3 is 4.74 Å². The summed E-state index contributed by atoms with van der Waals surface area (Å²) >= 11 is 0. The molecule has 0 heterocycles. The van der Waals surface area contributed by atoms with Crippen LogP contribution in [0.1, 0.15) is 57.8 Å². The number of ketones is 1. The maximum Gasteiger partial charge on any atom is 0.316 e. The molecule has 16 heavy (non-hydrogen) atoms.